The summed E-state index contributed by atoms with van der Waals surface area (Å²) in [5.74, 6) is -0.108. The molecule has 4 rings (SSSR count). The van der Waals surface area contributed by atoms with Gasteiger partial charge in [-0.2, -0.15) is 0 Å². The third kappa shape index (κ3) is 6.44. The Morgan fingerprint density at radius 3 is 2.32 bits per heavy atom. The predicted octanol–water partition coefficient (Wildman–Crippen LogP) is 3.53. The number of anilines is 1. The zero-order chi connectivity index (χ0) is 23.9. The lowest BCUT2D eigenvalue weighted by Gasteiger charge is -2.38. The Morgan fingerprint density at radius 2 is 1.65 bits per heavy atom. The van der Waals surface area contributed by atoms with E-state index < -0.39 is 0 Å². The zero-order valence-electron chi connectivity index (χ0n) is 19.8. The Labute approximate surface area is 201 Å². The molecule has 34 heavy (non-hydrogen) atoms. The Bertz CT molecular complexity index is 998. The van der Waals surface area contributed by atoms with Gasteiger partial charge in [0.05, 0.1) is 6.54 Å². The number of benzene rings is 2. The maximum absolute atomic E-state index is 12.8. The molecule has 0 aromatic heterocycles. The number of piperidine rings is 1. The maximum Gasteiger partial charge on any atom is 0.253 e. The maximum atomic E-state index is 12.8. The lowest BCUT2D eigenvalue weighted by atomic mass is 10.0. The molecule has 2 aromatic carbocycles. The minimum atomic E-state index is -0.0944. The number of hydrogen-bond acceptors (Lipinski definition) is 4. The monoisotopic (exact) mass is 462 g/mol. The molecule has 0 spiro atoms. The van der Waals surface area contributed by atoms with Crippen LogP contribution >= 0.6 is 0 Å². The highest BCUT2D eigenvalue weighted by atomic mass is 16.2. The molecule has 1 saturated heterocycles. The molecule has 3 amide bonds. The van der Waals surface area contributed by atoms with E-state index in [1.807, 2.05) is 41.3 Å². The molecule has 7 nitrogen and oxygen atoms in total. The van der Waals surface area contributed by atoms with E-state index >= 15 is 0 Å². The molecule has 7 heteroatoms. The fraction of sp³-hybridized carbons (Fsp3) is 0.444. The quantitative estimate of drug-likeness (QED) is 0.597. The van der Waals surface area contributed by atoms with Crippen molar-refractivity contribution in [3.05, 3.63) is 65.7 Å². The van der Waals surface area contributed by atoms with Gasteiger partial charge in [-0.3, -0.25) is 19.3 Å². The fourth-order valence-corrected chi connectivity index (χ4v) is 4.49. The second-order valence-electron chi connectivity index (χ2n) is 9.24. The van der Waals surface area contributed by atoms with Crippen molar-refractivity contribution in [1.82, 2.24) is 15.1 Å². The van der Waals surface area contributed by atoms with Gasteiger partial charge in [-0.25, -0.2) is 0 Å². The zero-order valence-corrected chi connectivity index (χ0v) is 19.8. The number of carbonyl (C=O) groups is 3. The van der Waals surface area contributed by atoms with Gasteiger partial charge in [0.15, 0.2) is 0 Å². The van der Waals surface area contributed by atoms with Gasteiger partial charge < -0.3 is 15.5 Å². The highest BCUT2D eigenvalue weighted by Crippen LogP contribution is 2.21. The average molecular weight is 463 g/mol. The smallest absolute Gasteiger partial charge is 0.253 e. The summed E-state index contributed by atoms with van der Waals surface area (Å²) in [7, 11) is 0. The van der Waals surface area contributed by atoms with E-state index in [1.54, 1.807) is 18.2 Å². The molecule has 0 unspecified atom stereocenters. The number of amides is 3. The number of nitrogens with one attached hydrogen (secondary N) is 2. The molecule has 0 bridgehead atoms. The lowest BCUT2D eigenvalue weighted by molar-refractivity contribution is -0.118. The van der Waals surface area contributed by atoms with Crippen LogP contribution in [-0.2, 0) is 4.79 Å². The third-order valence-corrected chi connectivity index (χ3v) is 6.47. The summed E-state index contributed by atoms with van der Waals surface area (Å²) < 4.78 is 0. The van der Waals surface area contributed by atoms with Gasteiger partial charge in [0.25, 0.3) is 11.8 Å². The molecule has 1 heterocycles. The number of rotatable bonds is 9. The van der Waals surface area contributed by atoms with Gasteiger partial charge in [0.2, 0.25) is 5.91 Å². The summed E-state index contributed by atoms with van der Waals surface area (Å²) in [6, 6.07) is 17.0. The molecular formula is C27H34N4O3. The van der Waals surface area contributed by atoms with E-state index in [0.29, 0.717) is 36.9 Å². The van der Waals surface area contributed by atoms with Gasteiger partial charge >= 0.3 is 0 Å². The summed E-state index contributed by atoms with van der Waals surface area (Å²) in [5.41, 5.74) is 1.91. The minimum Gasteiger partial charge on any atom is -0.349 e. The molecule has 0 atom stereocenters. The number of hydrogen-bond donors (Lipinski definition) is 2. The van der Waals surface area contributed by atoms with Crippen LogP contribution in [0.15, 0.2) is 54.6 Å². The number of likely N-dealkylation sites (tertiary alicyclic amines) is 1. The molecule has 2 aliphatic rings. The molecule has 1 aliphatic heterocycles. The van der Waals surface area contributed by atoms with Gasteiger partial charge in [0.1, 0.15) is 0 Å². The standard InChI is InChI=1S/C27H34N4O3/c1-2-15-31(24-13-16-30(17-14-24)27(34)20-7-4-3-5-8-20)19-25(32)28-23-10-6-9-21(18-23)26(33)29-22-11-12-22/h3-10,18,22,24H,2,11-17,19H2,1H3,(H,28,32)(H,29,33). The molecule has 0 radical (unpaired) electrons. The Morgan fingerprint density at radius 1 is 0.941 bits per heavy atom. The first kappa shape index (κ1) is 24.0. The van der Waals surface area contributed by atoms with E-state index in [9.17, 15) is 14.4 Å². The molecular weight excluding hydrogens is 428 g/mol. The topological polar surface area (TPSA) is 81.8 Å². The Hall–Kier alpha value is -3.19. The van der Waals surface area contributed by atoms with Crippen LogP contribution in [0.4, 0.5) is 5.69 Å². The molecule has 2 fully saturated rings. The first-order valence-corrected chi connectivity index (χ1v) is 12.3. The van der Waals surface area contributed by atoms with E-state index in [-0.39, 0.29) is 23.8 Å². The molecule has 1 saturated carbocycles. The predicted molar refractivity (Wildman–Crippen MR) is 133 cm³/mol. The van der Waals surface area contributed by atoms with Crippen molar-refractivity contribution in [1.29, 1.82) is 0 Å². The van der Waals surface area contributed by atoms with Gasteiger partial charge in [-0.05, 0) is 69.0 Å². The Kier molecular flexibility index (Phi) is 7.95. The second kappa shape index (κ2) is 11.3. The first-order chi connectivity index (χ1) is 16.5. The van der Waals surface area contributed by atoms with E-state index in [0.717, 1.165) is 44.2 Å². The van der Waals surface area contributed by atoms with Crippen LogP contribution in [0, 0.1) is 0 Å². The fourth-order valence-electron chi connectivity index (χ4n) is 4.49. The summed E-state index contributed by atoms with van der Waals surface area (Å²) in [5, 5.41) is 5.93. The lowest BCUT2D eigenvalue weighted by Crippen LogP contribution is -2.49. The third-order valence-electron chi connectivity index (χ3n) is 6.47. The van der Waals surface area contributed by atoms with Gasteiger partial charge in [0, 0.05) is 42.0 Å². The van der Waals surface area contributed by atoms with Crippen LogP contribution < -0.4 is 10.6 Å². The Balaban J connectivity index is 1.30. The SMILES string of the molecule is CCCN(CC(=O)Nc1cccc(C(=O)NC2CC2)c1)C1CCN(C(=O)c2ccccc2)CC1. The van der Waals surface area contributed by atoms with Crippen molar-refractivity contribution in [3.63, 3.8) is 0 Å². The van der Waals surface area contributed by atoms with Crippen molar-refractivity contribution < 1.29 is 14.4 Å². The van der Waals surface area contributed by atoms with Gasteiger partial charge in [-0.15, -0.1) is 0 Å². The summed E-state index contributed by atoms with van der Waals surface area (Å²) in [4.78, 5) is 42.0. The minimum absolute atomic E-state index is 0.0736. The van der Waals surface area contributed by atoms with Crippen LogP contribution in [0.25, 0.3) is 0 Å². The number of carbonyl (C=O) groups excluding carboxylic acids is 3. The van der Waals surface area contributed by atoms with E-state index in [1.165, 1.54) is 0 Å². The van der Waals surface area contributed by atoms with Crippen molar-refractivity contribution in [2.75, 3.05) is 31.5 Å². The van der Waals surface area contributed by atoms with Crippen LogP contribution in [0.5, 0.6) is 0 Å². The van der Waals surface area contributed by atoms with Crippen LogP contribution in [0.1, 0.15) is 59.7 Å². The average Bonchev–Trinajstić information content (AvgIpc) is 3.68. The molecule has 1 aliphatic carbocycles. The van der Waals surface area contributed by atoms with E-state index in [2.05, 4.69) is 22.5 Å². The van der Waals surface area contributed by atoms with Crippen LogP contribution in [-0.4, -0.2) is 65.8 Å². The van der Waals surface area contributed by atoms with Crippen molar-refractivity contribution in [2.24, 2.45) is 0 Å². The van der Waals surface area contributed by atoms with Gasteiger partial charge in [-0.1, -0.05) is 31.2 Å². The van der Waals surface area contributed by atoms with Crippen molar-refractivity contribution in [3.8, 4) is 0 Å². The number of nitrogens with zero attached hydrogens (tertiary/aromatic N) is 2. The van der Waals surface area contributed by atoms with E-state index in [4.69, 9.17) is 0 Å². The molecule has 2 N–H and O–H groups in total. The molecule has 2 aromatic rings. The largest absolute Gasteiger partial charge is 0.349 e. The summed E-state index contributed by atoms with van der Waals surface area (Å²) in [6.45, 7) is 4.62. The second-order valence-corrected chi connectivity index (χ2v) is 9.24. The highest BCUT2D eigenvalue weighted by Gasteiger charge is 2.28. The van der Waals surface area contributed by atoms with Crippen LogP contribution in [0.2, 0.25) is 0 Å². The summed E-state index contributed by atoms with van der Waals surface area (Å²) in [6.07, 6.45) is 4.72. The normalized spacial score (nSPS) is 16.4. The highest BCUT2D eigenvalue weighted by molar-refractivity contribution is 5.98. The summed E-state index contributed by atoms with van der Waals surface area (Å²) >= 11 is 0. The van der Waals surface area contributed by atoms with Crippen molar-refractivity contribution in [2.45, 2.75) is 51.1 Å². The first-order valence-electron chi connectivity index (χ1n) is 12.3. The van der Waals surface area contributed by atoms with Crippen molar-refractivity contribution >= 4 is 23.4 Å². The van der Waals surface area contributed by atoms with Crippen LogP contribution in [0.3, 0.4) is 0 Å². The molecule has 180 valence electrons.